The molecule has 0 radical (unpaired) electrons. The molecular weight excluding hydrogens is 116 g/mol. The average Bonchev–Trinajstić information content (AvgIpc) is 2.34. The largest absolute Gasteiger partial charge is 0.383 e. The maximum Gasteiger partial charge on any atom is 0.0653 e. The minimum absolute atomic E-state index is 0.775. The van der Waals surface area contributed by atoms with Gasteiger partial charge in [0, 0.05) is 19.9 Å². The molecule has 0 aromatic rings. The number of hydrogen-bond acceptors (Lipinski definition) is 3. The van der Waals surface area contributed by atoms with Crippen LogP contribution in [0.5, 0.6) is 0 Å². The van der Waals surface area contributed by atoms with Gasteiger partial charge in [-0.1, -0.05) is 6.08 Å². The molecule has 0 saturated heterocycles. The predicted octanol–water partition coefficient (Wildman–Crippen LogP) is -0.0333. The third-order valence-electron chi connectivity index (χ3n) is 1.23. The highest BCUT2D eigenvalue weighted by atomic mass is 16.5. The second kappa shape index (κ2) is 3.48. The van der Waals surface area contributed by atoms with Crippen LogP contribution >= 0.6 is 0 Å². The molecule has 1 rings (SSSR count). The van der Waals surface area contributed by atoms with Crippen LogP contribution in [0.4, 0.5) is 0 Å². The van der Waals surface area contributed by atoms with Crippen LogP contribution in [-0.4, -0.2) is 31.8 Å². The van der Waals surface area contributed by atoms with E-state index in [1.54, 1.807) is 7.11 Å². The highest BCUT2D eigenvalue weighted by Gasteiger charge is 1.99. The fraction of sp³-hybridized carbons (Fsp3) is 0.667. The summed E-state index contributed by atoms with van der Waals surface area (Å²) in [7, 11) is 1.71. The lowest BCUT2D eigenvalue weighted by atomic mass is 10.6. The van der Waals surface area contributed by atoms with Gasteiger partial charge in [-0.3, -0.25) is 0 Å². The Bertz CT molecular complexity index is 103. The van der Waals surface area contributed by atoms with Crippen molar-refractivity contribution in [1.29, 1.82) is 0 Å². The number of nitrogens with one attached hydrogen (secondary N) is 1. The Morgan fingerprint density at radius 1 is 1.78 bits per heavy atom. The number of hydrazine groups is 1. The Morgan fingerprint density at radius 3 is 3.22 bits per heavy atom. The smallest absolute Gasteiger partial charge is 0.0653 e. The van der Waals surface area contributed by atoms with Gasteiger partial charge in [-0.2, -0.15) is 0 Å². The third kappa shape index (κ3) is 2.03. The molecule has 3 heteroatoms. The molecule has 0 aromatic heterocycles. The minimum atomic E-state index is 0.775. The van der Waals surface area contributed by atoms with Crippen LogP contribution < -0.4 is 5.43 Å². The van der Waals surface area contributed by atoms with E-state index in [1.165, 1.54) is 0 Å². The zero-order chi connectivity index (χ0) is 6.53. The van der Waals surface area contributed by atoms with E-state index in [2.05, 4.69) is 11.5 Å². The quantitative estimate of drug-likeness (QED) is 0.577. The fourth-order valence-electron chi connectivity index (χ4n) is 0.746. The molecule has 1 aliphatic heterocycles. The summed E-state index contributed by atoms with van der Waals surface area (Å²) in [4.78, 5) is 0. The summed E-state index contributed by atoms with van der Waals surface area (Å²) in [5.41, 5.74) is 3.13. The summed E-state index contributed by atoms with van der Waals surface area (Å²) in [5, 5.41) is 2.02. The molecule has 0 spiro atoms. The van der Waals surface area contributed by atoms with Gasteiger partial charge in [0.1, 0.15) is 0 Å². The summed E-state index contributed by atoms with van der Waals surface area (Å²) >= 11 is 0. The van der Waals surface area contributed by atoms with Crippen molar-refractivity contribution in [3.63, 3.8) is 0 Å². The van der Waals surface area contributed by atoms with Crippen molar-refractivity contribution in [1.82, 2.24) is 10.4 Å². The highest BCUT2D eigenvalue weighted by Crippen LogP contribution is 1.90. The summed E-state index contributed by atoms with van der Waals surface area (Å²) in [6.45, 7) is 2.65. The SMILES string of the molecule is COCCN1C=CCN1. The summed E-state index contributed by atoms with van der Waals surface area (Å²) in [6.07, 6.45) is 4.11. The van der Waals surface area contributed by atoms with Crippen LogP contribution in [-0.2, 0) is 4.74 Å². The maximum absolute atomic E-state index is 4.89. The van der Waals surface area contributed by atoms with Crippen LogP contribution in [0.3, 0.4) is 0 Å². The lowest BCUT2D eigenvalue weighted by Gasteiger charge is -2.14. The molecule has 0 amide bonds. The molecule has 0 bridgehead atoms. The minimum Gasteiger partial charge on any atom is -0.383 e. The molecule has 0 saturated carbocycles. The van der Waals surface area contributed by atoms with Crippen molar-refractivity contribution >= 4 is 0 Å². The first kappa shape index (κ1) is 6.58. The number of methoxy groups -OCH3 is 1. The standard InChI is InChI=1S/C6H12N2O/c1-9-6-5-8-4-2-3-7-8/h2,4,7H,3,5-6H2,1H3. The van der Waals surface area contributed by atoms with E-state index in [4.69, 9.17) is 4.74 Å². The second-order valence-corrected chi connectivity index (χ2v) is 1.93. The van der Waals surface area contributed by atoms with Gasteiger partial charge in [-0.15, -0.1) is 0 Å². The Hall–Kier alpha value is -0.540. The molecule has 0 aromatic carbocycles. The normalized spacial score (nSPS) is 17.2. The number of rotatable bonds is 3. The van der Waals surface area contributed by atoms with E-state index in [1.807, 2.05) is 11.2 Å². The molecule has 9 heavy (non-hydrogen) atoms. The molecule has 0 unspecified atom stereocenters. The van der Waals surface area contributed by atoms with Gasteiger partial charge in [-0.05, 0) is 0 Å². The predicted molar refractivity (Wildman–Crippen MR) is 35.7 cm³/mol. The number of nitrogens with zero attached hydrogens (tertiary/aromatic N) is 1. The first-order chi connectivity index (χ1) is 4.43. The lowest BCUT2D eigenvalue weighted by molar-refractivity contribution is 0.155. The van der Waals surface area contributed by atoms with Gasteiger partial charge in [0.05, 0.1) is 13.2 Å². The molecule has 0 atom stereocenters. The topological polar surface area (TPSA) is 24.5 Å². The highest BCUT2D eigenvalue weighted by molar-refractivity contribution is 4.88. The van der Waals surface area contributed by atoms with E-state index >= 15 is 0 Å². The third-order valence-corrected chi connectivity index (χ3v) is 1.23. The number of hydrogen-bond donors (Lipinski definition) is 1. The van der Waals surface area contributed by atoms with E-state index in [0.717, 1.165) is 19.7 Å². The van der Waals surface area contributed by atoms with Gasteiger partial charge in [0.2, 0.25) is 0 Å². The van der Waals surface area contributed by atoms with Crippen LogP contribution in [0.2, 0.25) is 0 Å². The van der Waals surface area contributed by atoms with Crippen LogP contribution in [0.1, 0.15) is 0 Å². The van der Waals surface area contributed by atoms with Gasteiger partial charge < -0.3 is 9.75 Å². The molecule has 1 heterocycles. The molecule has 0 aliphatic carbocycles. The molecule has 1 aliphatic rings. The maximum atomic E-state index is 4.89. The number of ether oxygens (including phenoxy) is 1. The Balaban J connectivity index is 2.05. The van der Waals surface area contributed by atoms with Crippen LogP contribution in [0.25, 0.3) is 0 Å². The van der Waals surface area contributed by atoms with Gasteiger partial charge in [0.15, 0.2) is 0 Å². The van der Waals surface area contributed by atoms with Crippen molar-refractivity contribution in [3.05, 3.63) is 12.3 Å². The summed E-state index contributed by atoms with van der Waals surface area (Å²) < 4.78 is 4.89. The molecule has 3 nitrogen and oxygen atoms in total. The summed E-state index contributed by atoms with van der Waals surface area (Å²) in [6, 6.07) is 0. The van der Waals surface area contributed by atoms with E-state index in [-0.39, 0.29) is 0 Å². The molecular formula is C6H12N2O. The van der Waals surface area contributed by atoms with Crippen molar-refractivity contribution in [3.8, 4) is 0 Å². The van der Waals surface area contributed by atoms with Crippen LogP contribution in [0.15, 0.2) is 12.3 Å². The average molecular weight is 128 g/mol. The van der Waals surface area contributed by atoms with Gasteiger partial charge >= 0.3 is 0 Å². The van der Waals surface area contributed by atoms with Crippen molar-refractivity contribution in [2.75, 3.05) is 26.8 Å². The van der Waals surface area contributed by atoms with Gasteiger partial charge in [0.25, 0.3) is 0 Å². The van der Waals surface area contributed by atoms with E-state index in [0.29, 0.717) is 0 Å². The zero-order valence-corrected chi connectivity index (χ0v) is 5.63. The second-order valence-electron chi connectivity index (χ2n) is 1.93. The molecule has 0 fully saturated rings. The first-order valence-corrected chi connectivity index (χ1v) is 3.09. The van der Waals surface area contributed by atoms with Crippen molar-refractivity contribution in [2.45, 2.75) is 0 Å². The first-order valence-electron chi connectivity index (χ1n) is 3.09. The lowest BCUT2D eigenvalue weighted by Crippen LogP contribution is -2.31. The fourth-order valence-corrected chi connectivity index (χ4v) is 0.746. The molecule has 52 valence electrons. The Kier molecular flexibility index (Phi) is 2.54. The van der Waals surface area contributed by atoms with E-state index in [9.17, 15) is 0 Å². The Morgan fingerprint density at radius 2 is 2.67 bits per heavy atom. The van der Waals surface area contributed by atoms with Crippen molar-refractivity contribution in [2.24, 2.45) is 0 Å². The van der Waals surface area contributed by atoms with Crippen LogP contribution in [0, 0.1) is 0 Å². The summed E-state index contributed by atoms with van der Waals surface area (Å²) in [5.74, 6) is 0. The monoisotopic (exact) mass is 128 g/mol. The molecule has 1 N–H and O–H groups in total. The van der Waals surface area contributed by atoms with Gasteiger partial charge in [-0.25, -0.2) is 5.43 Å². The zero-order valence-electron chi connectivity index (χ0n) is 5.63. The Labute approximate surface area is 55.3 Å². The van der Waals surface area contributed by atoms with Crippen molar-refractivity contribution < 1.29 is 4.74 Å². The van der Waals surface area contributed by atoms with E-state index < -0.39 is 0 Å².